The van der Waals surface area contributed by atoms with Crippen molar-refractivity contribution in [1.82, 2.24) is 0 Å². The maximum absolute atomic E-state index is 14.0. The Morgan fingerprint density at radius 1 is 1.00 bits per heavy atom. The van der Waals surface area contributed by atoms with E-state index >= 15 is 0 Å². The van der Waals surface area contributed by atoms with E-state index in [0.717, 1.165) is 0 Å². The molecule has 0 aliphatic heterocycles. The van der Waals surface area contributed by atoms with Gasteiger partial charge in [-0.15, -0.1) is 0 Å². The highest BCUT2D eigenvalue weighted by Crippen LogP contribution is 2.70. The average molecular weight is 515 g/mol. The van der Waals surface area contributed by atoms with Crippen molar-refractivity contribution >= 4 is 29.1 Å². The molecular formula is C30H42O7. The molecule has 0 aromatic carbocycles. The number of rotatable bonds is 6. The largest absolute Gasteiger partial charge is 0.481 e. The van der Waals surface area contributed by atoms with Crippen LogP contribution in [0.2, 0.25) is 0 Å². The highest BCUT2D eigenvalue weighted by atomic mass is 16.4. The molecule has 204 valence electrons. The van der Waals surface area contributed by atoms with Crippen LogP contribution in [0, 0.1) is 45.3 Å². The summed E-state index contributed by atoms with van der Waals surface area (Å²) in [5.41, 5.74) is -1.92. The summed E-state index contributed by atoms with van der Waals surface area (Å²) >= 11 is 0. The van der Waals surface area contributed by atoms with Crippen LogP contribution in [0.4, 0.5) is 0 Å². The maximum Gasteiger partial charge on any atom is 0.306 e. The normalized spacial score (nSPS) is 40.5. The number of Topliss-reactive ketones (excluding diaryl/α,β-unsaturated/α-hetero) is 4. The van der Waals surface area contributed by atoms with Crippen LogP contribution >= 0.6 is 0 Å². The lowest BCUT2D eigenvalue weighted by Crippen LogP contribution is -2.60. The highest BCUT2D eigenvalue weighted by Gasteiger charge is 2.70. The average Bonchev–Trinajstić information content (AvgIpc) is 2.99. The number of carbonyl (C=O) groups excluding carboxylic acids is 4. The Labute approximate surface area is 219 Å². The number of carboxylic acids is 1. The summed E-state index contributed by atoms with van der Waals surface area (Å²) in [4.78, 5) is 64.6. The highest BCUT2D eigenvalue weighted by molar-refractivity contribution is 6.05. The van der Waals surface area contributed by atoms with Crippen molar-refractivity contribution in [1.29, 1.82) is 0 Å². The van der Waals surface area contributed by atoms with Gasteiger partial charge in [0.05, 0.1) is 17.4 Å². The summed E-state index contributed by atoms with van der Waals surface area (Å²) in [5, 5.41) is 20.7. The zero-order valence-corrected chi connectivity index (χ0v) is 23.3. The Hall–Kier alpha value is -2.15. The zero-order valence-electron chi connectivity index (χ0n) is 23.3. The third-order valence-electron chi connectivity index (χ3n) is 11.3. The Morgan fingerprint density at radius 2 is 1.62 bits per heavy atom. The first kappa shape index (κ1) is 27.9. The Morgan fingerprint density at radius 3 is 2.22 bits per heavy atom. The lowest BCUT2D eigenvalue weighted by molar-refractivity contribution is -0.147. The van der Waals surface area contributed by atoms with E-state index in [9.17, 15) is 34.2 Å². The van der Waals surface area contributed by atoms with Crippen molar-refractivity contribution < 1.29 is 34.2 Å². The molecule has 0 spiro atoms. The van der Waals surface area contributed by atoms with Gasteiger partial charge in [0.15, 0.2) is 5.78 Å². The minimum absolute atomic E-state index is 0.00884. The first-order valence-corrected chi connectivity index (χ1v) is 13.7. The molecule has 7 heteroatoms. The van der Waals surface area contributed by atoms with Gasteiger partial charge in [0, 0.05) is 48.5 Å². The molecule has 2 fully saturated rings. The summed E-state index contributed by atoms with van der Waals surface area (Å²) in [6, 6.07) is 0. The van der Waals surface area contributed by atoms with E-state index in [4.69, 9.17) is 0 Å². The Bertz CT molecular complexity index is 1110. The second kappa shape index (κ2) is 8.69. The summed E-state index contributed by atoms with van der Waals surface area (Å²) in [7, 11) is 0. The van der Waals surface area contributed by atoms with Gasteiger partial charge in [-0.05, 0) is 48.5 Å². The van der Waals surface area contributed by atoms with E-state index < -0.39 is 39.7 Å². The smallest absolute Gasteiger partial charge is 0.306 e. The first-order chi connectivity index (χ1) is 16.9. The van der Waals surface area contributed by atoms with E-state index in [1.54, 1.807) is 0 Å². The molecule has 0 aromatic heterocycles. The predicted molar refractivity (Wildman–Crippen MR) is 136 cm³/mol. The lowest BCUT2D eigenvalue weighted by Gasteiger charge is -2.60. The Balaban J connectivity index is 1.75. The molecule has 0 heterocycles. The number of ketones is 4. The zero-order chi connectivity index (χ0) is 27.9. The molecule has 2 saturated carbocycles. The fraction of sp³-hybridized carbons (Fsp3) is 0.767. The molecule has 4 aliphatic carbocycles. The number of allylic oxidation sites excluding steroid dienone is 1. The molecule has 37 heavy (non-hydrogen) atoms. The van der Waals surface area contributed by atoms with E-state index in [0.29, 0.717) is 30.4 Å². The van der Waals surface area contributed by atoms with Crippen molar-refractivity contribution in [2.45, 2.75) is 99.5 Å². The standard InChI is InChI=1S/C30H42O7/c1-15(10-17(31)11-16(2)26(36)37)18-12-23(35)30(7)25-19(32)13-21-27(3,4)22(34)8-9-28(21,5)24(25)20(33)14-29(18,30)6/h15-16,18-19,21,32H,8-14H2,1-7H3,(H,36,37)/t15-,16+,18-,19+,21+,28+,29-,30+/m1/s1. The van der Waals surface area contributed by atoms with Gasteiger partial charge in [-0.25, -0.2) is 0 Å². The van der Waals surface area contributed by atoms with E-state index in [1.807, 2.05) is 41.5 Å². The molecule has 2 N–H and O–H groups in total. The van der Waals surface area contributed by atoms with Crippen LogP contribution in [-0.4, -0.2) is 45.4 Å². The molecule has 0 aromatic rings. The van der Waals surface area contributed by atoms with Crippen molar-refractivity contribution in [2.75, 3.05) is 0 Å². The number of aliphatic hydroxyl groups is 1. The summed E-state index contributed by atoms with van der Waals surface area (Å²) in [6.07, 6.45) is 0.736. The molecule has 4 rings (SSSR count). The predicted octanol–water partition coefficient (Wildman–Crippen LogP) is 4.34. The number of aliphatic carboxylic acids is 1. The van der Waals surface area contributed by atoms with Gasteiger partial charge in [-0.1, -0.05) is 41.5 Å². The number of hydrogen-bond donors (Lipinski definition) is 2. The SMILES string of the molecule is C[C@H](CC(=O)C[C@H](C)C(=O)O)[C@H]1CC(=O)[C@@]2(C)C3=C(C(=O)C[C@]12C)[C@@]1(C)CCC(=O)C(C)(C)[C@@H]1C[C@@H]3O. The first-order valence-electron chi connectivity index (χ1n) is 13.7. The summed E-state index contributed by atoms with van der Waals surface area (Å²) in [6.45, 7) is 13.1. The maximum atomic E-state index is 14.0. The third-order valence-corrected chi connectivity index (χ3v) is 11.3. The van der Waals surface area contributed by atoms with E-state index in [-0.39, 0.29) is 66.6 Å². The van der Waals surface area contributed by atoms with Gasteiger partial charge in [-0.3, -0.25) is 24.0 Å². The van der Waals surface area contributed by atoms with E-state index in [1.165, 1.54) is 6.92 Å². The number of carboxylic acid groups (broad SMARTS) is 1. The molecule has 8 atom stereocenters. The number of hydrogen-bond acceptors (Lipinski definition) is 6. The molecule has 4 aliphatic rings. The van der Waals surface area contributed by atoms with E-state index in [2.05, 4.69) is 0 Å². The second-order valence-corrected chi connectivity index (χ2v) is 13.7. The molecular weight excluding hydrogens is 472 g/mol. The number of fused-ring (bicyclic) bond motifs is 4. The van der Waals surface area contributed by atoms with Crippen LogP contribution < -0.4 is 0 Å². The topological polar surface area (TPSA) is 126 Å². The van der Waals surface area contributed by atoms with Crippen molar-refractivity contribution in [3.8, 4) is 0 Å². The van der Waals surface area contributed by atoms with Crippen LogP contribution in [0.25, 0.3) is 0 Å². The van der Waals surface area contributed by atoms with Crippen LogP contribution in [0.3, 0.4) is 0 Å². The van der Waals surface area contributed by atoms with Crippen LogP contribution in [0.5, 0.6) is 0 Å². The fourth-order valence-corrected chi connectivity index (χ4v) is 8.93. The summed E-state index contributed by atoms with van der Waals surface area (Å²) < 4.78 is 0. The van der Waals surface area contributed by atoms with Gasteiger partial charge in [0.2, 0.25) is 0 Å². The molecule has 0 saturated heterocycles. The lowest BCUT2D eigenvalue weighted by atomic mass is 9.42. The number of carbonyl (C=O) groups is 5. The molecule has 0 unspecified atom stereocenters. The second-order valence-electron chi connectivity index (χ2n) is 13.7. The molecule has 7 nitrogen and oxygen atoms in total. The van der Waals surface area contributed by atoms with Crippen LogP contribution in [0.15, 0.2) is 11.1 Å². The molecule has 0 amide bonds. The Kier molecular flexibility index (Phi) is 6.54. The van der Waals surface area contributed by atoms with Gasteiger partial charge < -0.3 is 10.2 Å². The summed E-state index contributed by atoms with van der Waals surface area (Å²) in [5.74, 6) is -2.49. The monoisotopic (exact) mass is 514 g/mol. The fourth-order valence-electron chi connectivity index (χ4n) is 8.93. The van der Waals surface area contributed by atoms with Crippen LogP contribution in [0.1, 0.15) is 93.4 Å². The third kappa shape index (κ3) is 3.74. The van der Waals surface area contributed by atoms with Crippen molar-refractivity contribution in [3.63, 3.8) is 0 Å². The minimum Gasteiger partial charge on any atom is -0.481 e. The van der Waals surface area contributed by atoms with Crippen LogP contribution in [-0.2, 0) is 24.0 Å². The molecule has 0 bridgehead atoms. The minimum atomic E-state index is -1.04. The van der Waals surface area contributed by atoms with Gasteiger partial charge in [-0.2, -0.15) is 0 Å². The molecule has 0 radical (unpaired) electrons. The van der Waals surface area contributed by atoms with Crippen molar-refractivity contribution in [2.24, 2.45) is 45.3 Å². The van der Waals surface area contributed by atoms with Gasteiger partial charge in [0.25, 0.3) is 0 Å². The number of aliphatic hydroxyl groups excluding tert-OH is 1. The quantitative estimate of drug-likeness (QED) is 0.540. The van der Waals surface area contributed by atoms with Gasteiger partial charge >= 0.3 is 5.97 Å². The van der Waals surface area contributed by atoms with Gasteiger partial charge in [0.1, 0.15) is 17.3 Å². The van der Waals surface area contributed by atoms with Crippen molar-refractivity contribution in [3.05, 3.63) is 11.1 Å².